The summed E-state index contributed by atoms with van der Waals surface area (Å²) in [4.78, 5) is 44.8. The quantitative estimate of drug-likeness (QED) is 0.263. The molecule has 2 heterocycles. The Morgan fingerprint density at radius 3 is 2.44 bits per heavy atom. The molecule has 0 aliphatic carbocycles. The second-order valence-electron chi connectivity index (χ2n) is 10.1. The first-order chi connectivity index (χ1) is 21.7. The number of hydrogen-bond acceptors (Lipinski definition) is 9. The Hall–Kier alpha value is -5.16. The van der Waals surface area contributed by atoms with Gasteiger partial charge in [0.25, 0.3) is 11.5 Å². The van der Waals surface area contributed by atoms with Gasteiger partial charge in [-0.25, -0.2) is 9.79 Å². The first-order valence-corrected chi connectivity index (χ1v) is 15.1. The molecule has 232 valence electrons. The van der Waals surface area contributed by atoms with Crippen LogP contribution in [0.4, 0.5) is 5.69 Å². The van der Waals surface area contributed by atoms with Crippen molar-refractivity contribution >= 4 is 35.0 Å². The predicted octanol–water partition coefficient (Wildman–Crippen LogP) is 4.14. The van der Waals surface area contributed by atoms with Crippen molar-refractivity contribution in [3.8, 4) is 17.2 Å². The second kappa shape index (κ2) is 13.6. The van der Waals surface area contributed by atoms with Crippen LogP contribution < -0.4 is 34.4 Å². The molecule has 45 heavy (non-hydrogen) atoms. The van der Waals surface area contributed by atoms with Crippen LogP contribution in [0.5, 0.6) is 17.2 Å². The Balaban J connectivity index is 1.59. The van der Waals surface area contributed by atoms with Gasteiger partial charge in [-0.2, -0.15) is 0 Å². The third kappa shape index (κ3) is 6.68. The van der Waals surface area contributed by atoms with E-state index in [1.54, 1.807) is 61.9 Å². The summed E-state index contributed by atoms with van der Waals surface area (Å²) in [5.74, 6) is 0.551. The van der Waals surface area contributed by atoms with Crippen molar-refractivity contribution in [2.24, 2.45) is 4.99 Å². The summed E-state index contributed by atoms with van der Waals surface area (Å²) in [7, 11) is 3.08. The number of aryl methyl sites for hydroxylation is 1. The van der Waals surface area contributed by atoms with Crippen LogP contribution in [0.15, 0.2) is 87.8 Å². The molecule has 1 aliphatic heterocycles. The number of hydrogen-bond donors (Lipinski definition) is 1. The number of anilines is 1. The Kier molecular flexibility index (Phi) is 9.48. The third-order valence-electron chi connectivity index (χ3n) is 7.18. The number of thiazole rings is 1. The van der Waals surface area contributed by atoms with E-state index in [0.29, 0.717) is 54.7 Å². The Labute approximate surface area is 263 Å². The fourth-order valence-electron chi connectivity index (χ4n) is 5.04. The molecular formula is C34H33N3O7S. The first-order valence-electron chi connectivity index (χ1n) is 14.2. The van der Waals surface area contributed by atoms with Crippen molar-refractivity contribution in [2.75, 3.05) is 32.8 Å². The molecule has 1 aromatic heterocycles. The van der Waals surface area contributed by atoms with E-state index in [0.717, 1.165) is 5.56 Å². The summed E-state index contributed by atoms with van der Waals surface area (Å²) in [5, 5.41) is 2.96. The molecule has 11 heteroatoms. The molecule has 0 bridgehead atoms. The van der Waals surface area contributed by atoms with Gasteiger partial charge < -0.3 is 24.3 Å². The molecule has 10 nitrogen and oxygen atoms in total. The highest BCUT2D eigenvalue weighted by molar-refractivity contribution is 7.07. The van der Waals surface area contributed by atoms with Crippen molar-refractivity contribution in [2.45, 2.75) is 26.8 Å². The van der Waals surface area contributed by atoms with Crippen LogP contribution in [-0.4, -0.2) is 43.9 Å². The molecule has 5 rings (SSSR count). The monoisotopic (exact) mass is 627 g/mol. The van der Waals surface area contributed by atoms with Gasteiger partial charge in [0.15, 0.2) is 22.9 Å². The minimum atomic E-state index is -0.755. The second-order valence-corrected chi connectivity index (χ2v) is 11.1. The number of methoxy groups -OCH3 is 2. The zero-order valence-electron chi connectivity index (χ0n) is 25.6. The first kappa shape index (κ1) is 31.3. The van der Waals surface area contributed by atoms with E-state index in [2.05, 4.69) is 5.32 Å². The number of benzene rings is 3. The number of aromatic nitrogens is 1. The molecule has 1 amide bonds. The number of fused-ring (bicyclic) bond motifs is 1. The lowest BCUT2D eigenvalue weighted by atomic mass is 9.94. The summed E-state index contributed by atoms with van der Waals surface area (Å²) < 4.78 is 23.5. The number of nitrogens with zero attached hydrogens (tertiary/aromatic N) is 2. The smallest absolute Gasteiger partial charge is 0.344 e. The molecule has 1 atom stereocenters. The maximum absolute atomic E-state index is 14.1. The van der Waals surface area contributed by atoms with E-state index < -0.39 is 12.0 Å². The van der Waals surface area contributed by atoms with Crippen molar-refractivity contribution < 1.29 is 28.5 Å². The van der Waals surface area contributed by atoms with Gasteiger partial charge in [-0.05, 0) is 73.9 Å². The highest BCUT2D eigenvalue weighted by Crippen LogP contribution is 2.34. The van der Waals surface area contributed by atoms with E-state index in [1.807, 2.05) is 43.3 Å². The molecule has 0 spiro atoms. The summed E-state index contributed by atoms with van der Waals surface area (Å²) in [5.41, 5.74) is 3.49. The number of carbonyl (C=O) groups excluding carboxylic acids is 2. The van der Waals surface area contributed by atoms with Crippen LogP contribution >= 0.6 is 11.3 Å². The van der Waals surface area contributed by atoms with Crippen molar-refractivity contribution in [1.82, 2.24) is 4.57 Å². The predicted molar refractivity (Wildman–Crippen MR) is 172 cm³/mol. The highest BCUT2D eigenvalue weighted by atomic mass is 32.1. The normalized spacial score (nSPS) is 14.3. The van der Waals surface area contributed by atoms with Gasteiger partial charge in [0.2, 0.25) is 0 Å². The van der Waals surface area contributed by atoms with E-state index in [4.69, 9.17) is 23.9 Å². The molecule has 0 saturated carbocycles. The zero-order valence-corrected chi connectivity index (χ0v) is 26.4. The number of amides is 1. The number of carbonyl (C=O) groups is 2. The summed E-state index contributed by atoms with van der Waals surface area (Å²) in [6, 6.07) is 19.2. The molecule has 0 radical (unpaired) electrons. The SMILES string of the molecule is CCOC(=O)COc1ccc(/C=c2\sc3n(c2=O)[C@H](c2ccc(C)c(OC)c2)C(C(=O)Nc2ccccc2)=C(C)N=3)cc1OC. The maximum Gasteiger partial charge on any atom is 0.344 e. The van der Waals surface area contributed by atoms with Gasteiger partial charge in [0.05, 0.1) is 42.7 Å². The fourth-order valence-corrected chi connectivity index (χ4v) is 6.08. The van der Waals surface area contributed by atoms with Crippen molar-refractivity contribution in [3.05, 3.63) is 114 Å². The molecule has 3 aromatic carbocycles. The highest BCUT2D eigenvalue weighted by Gasteiger charge is 2.33. The van der Waals surface area contributed by atoms with E-state index in [1.165, 1.54) is 18.4 Å². The van der Waals surface area contributed by atoms with Crippen molar-refractivity contribution in [1.29, 1.82) is 0 Å². The van der Waals surface area contributed by atoms with Gasteiger partial charge in [-0.1, -0.05) is 47.7 Å². The van der Waals surface area contributed by atoms with Gasteiger partial charge in [0, 0.05) is 5.69 Å². The van der Waals surface area contributed by atoms with Crippen LogP contribution in [-0.2, 0) is 14.3 Å². The van der Waals surface area contributed by atoms with Crippen LogP contribution in [0.25, 0.3) is 6.08 Å². The lowest BCUT2D eigenvalue weighted by Crippen LogP contribution is -2.40. The van der Waals surface area contributed by atoms with Crippen LogP contribution in [0, 0.1) is 6.92 Å². The summed E-state index contributed by atoms with van der Waals surface area (Å²) in [6.07, 6.45) is 1.73. The molecular weight excluding hydrogens is 594 g/mol. The minimum absolute atomic E-state index is 0.256. The molecule has 0 unspecified atom stereocenters. The van der Waals surface area contributed by atoms with Gasteiger partial charge in [0.1, 0.15) is 5.75 Å². The minimum Gasteiger partial charge on any atom is -0.496 e. The topological polar surface area (TPSA) is 117 Å². The van der Waals surface area contributed by atoms with E-state index >= 15 is 0 Å². The number of rotatable bonds is 10. The largest absolute Gasteiger partial charge is 0.496 e. The number of ether oxygens (including phenoxy) is 4. The van der Waals surface area contributed by atoms with E-state index in [9.17, 15) is 14.4 Å². The van der Waals surface area contributed by atoms with Gasteiger partial charge in [-0.3, -0.25) is 14.2 Å². The standard InChI is InChI=1S/C34H33N3O7S/c1-6-43-29(38)19-44-25-15-13-22(16-27(25)42-5)17-28-33(40)37-31(23-14-12-20(2)26(18-23)41-4)30(21(3)35-34(37)45-28)32(39)36-24-10-8-7-9-11-24/h7-18,31H,6,19H2,1-5H3,(H,36,39)/b28-17-/t31-/m1/s1. The average Bonchev–Trinajstić information content (AvgIpc) is 3.34. The average molecular weight is 628 g/mol. The summed E-state index contributed by atoms with van der Waals surface area (Å²) >= 11 is 1.22. The Bertz CT molecular complexity index is 1960. The number of esters is 1. The molecule has 0 fully saturated rings. The third-order valence-corrected chi connectivity index (χ3v) is 8.17. The van der Waals surface area contributed by atoms with Gasteiger partial charge in [-0.15, -0.1) is 0 Å². The number of nitrogens with one attached hydrogen (secondary N) is 1. The molecule has 0 saturated heterocycles. The molecule has 1 N–H and O–H groups in total. The Morgan fingerprint density at radius 2 is 1.73 bits per heavy atom. The lowest BCUT2D eigenvalue weighted by molar-refractivity contribution is -0.145. The van der Waals surface area contributed by atoms with Crippen molar-refractivity contribution in [3.63, 3.8) is 0 Å². The number of allylic oxidation sites excluding steroid dienone is 1. The zero-order chi connectivity index (χ0) is 32.1. The number of para-hydroxylation sites is 1. The molecule has 1 aliphatic rings. The van der Waals surface area contributed by atoms with E-state index in [-0.39, 0.29) is 24.7 Å². The lowest BCUT2D eigenvalue weighted by Gasteiger charge is -2.26. The fraction of sp³-hybridized carbons (Fsp3) is 0.235. The van der Waals surface area contributed by atoms with Crippen LogP contribution in [0.3, 0.4) is 0 Å². The Morgan fingerprint density at radius 1 is 0.978 bits per heavy atom. The van der Waals surface area contributed by atoms with Gasteiger partial charge >= 0.3 is 5.97 Å². The maximum atomic E-state index is 14.1. The summed E-state index contributed by atoms with van der Waals surface area (Å²) in [6.45, 7) is 5.42. The van der Waals surface area contributed by atoms with Crippen LogP contribution in [0.2, 0.25) is 0 Å². The molecule has 4 aromatic rings. The van der Waals surface area contributed by atoms with Crippen LogP contribution in [0.1, 0.15) is 36.6 Å².